The quantitative estimate of drug-likeness (QED) is 0.477. The minimum Gasteiger partial charge on any atom is -0.488 e. The Morgan fingerprint density at radius 2 is 2.13 bits per heavy atom. The summed E-state index contributed by atoms with van der Waals surface area (Å²) in [5.74, 6) is -0.232. The minimum absolute atomic E-state index is 0.225. The second-order valence-electron chi connectivity index (χ2n) is 7.07. The molecule has 0 spiro atoms. The molecule has 1 atom stereocenters. The smallest absolute Gasteiger partial charge is 0.259 e. The molecule has 4 N–H and O–H groups in total. The number of thiophene rings is 1. The molecule has 0 radical (unpaired) electrons. The van der Waals surface area contributed by atoms with E-state index in [9.17, 15) is 17.9 Å². The highest BCUT2D eigenvalue weighted by Crippen LogP contribution is 2.37. The summed E-state index contributed by atoms with van der Waals surface area (Å²) in [6.07, 6.45) is 2.22. The van der Waals surface area contributed by atoms with Crippen LogP contribution in [0.25, 0.3) is 10.2 Å². The molecule has 1 aliphatic heterocycles. The number of anilines is 2. The third kappa shape index (κ3) is 4.51. The van der Waals surface area contributed by atoms with Crippen molar-refractivity contribution in [3.63, 3.8) is 0 Å². The van der Waals surface area contributed by atoms with Crippen LogP contribution in [0.15, 0.2) is 24.5 Å². The first-order chi connectivity index (χ1) is 14.8. The van der Waals surface area contributed by atoms with E-state index < -0.39 is 23.0 Å². The fourth-order valence-corrected chi connectivity index (χ4v) is 5.04. The highest BCUT2D eigenvalue weighted by molar-refractivity contribution is 7.76. The fraction of sp³-hybridized carbons (Fsp3) is 0.316. The number of hydrogen-bond donors (Lipinski definition) is 3. The Kier molecular flexibility index (Phi) is 6.14. The topological polar surface area (TPSA) is 131 Å². The van der Waals surface area contributed by atoms with E-state index in [1.807, 2.05) is 0 Å². The van der Waals surface area contributed by atoms with Gasteiger partial charge < -0.3 is 15.8 Å². The molecule has 9 nitrogen and oxygen atoms in total. The molecule has 1 amide bonds. The predicted molar refractivity (Wildman–Crippen MR) is 116 cm³/mol. The summed E-state index contributed by atoms with van der Waals surface area (Å²) in [5, 5.41) is 3.83. The number of hydrogen-bond acceptors (Lipinski definition) is 7. The van der Waals surface area contributed by atoms with Crippen LogP contribution in [0.5, 0.6) is 5.75 Å². The van der Waals surface area contributed by atoms with Crippen molar-refractivity contribution in [2.45, 2.75) is 25.9 Å². The number of rotatable bonds is 6. The second kappa shape index (κ2) is 8.83. The monoisotopic (exact) mass is 465 g/mol. The number of nitrogens with two attached hydrogens (primary N) is 1. The lowest BCUT2D eigenvalue weighted by molar-refractivity contribution is 0.100. The third-order valence-corrected chi connectivity index (χ3v) is 7.08. The van der Waals surface area contributed by atoms with E-state index in [1.165, 1.54) is 34.1 Å². The molecule has 2 aromatic heterocycles. The number of fused-ring (bicyclic) bond motifs is 1. The number of halogens is 1. The molecule has 4 rings (SSSR count). The number of carbonyl (C=O) groups is 1. The molecular weight excluding hydrogens is 445 g/mol. The van der Waals surface area contributed by atoms with E-state index in [0.29, 0.717) is 63.8 Å². The largest absolute Gasteiger partial charge is 0.488 e. The van der Waals surface area contributed by atoms with Crippen LogP contribution in [0.2, 0.25) is 0 Å². The Bertz CT molecular complexity index is 1160. The normalized spacial score (nSPS) is 16.4. The van der Waals surface area contributed by atoms with Crippen LogP contribution in [-0.4, -0.2) is 48.1 Å². The van der Waals surface area contributed by atoms with Gasteiger partial charge in [0.1, 0.15) is 34.6 Å². The van der Waals surface area contributed by atoms with Crippen LogP contribution >= 0.6 is 11.3 Å². The number of nitrogens with zero attached hydrogens (tertiary/aromatic N) is 3. The molecule has 1 unspecified atom stereocenters. The minimum atomic E-state index is -2.01. The molecule has 0 bridgehead atoms. The maximum atomic E-state index is 14.0. The van der Waals surface area contributed by atoms with Gasteiger partial charge in [-0.3, -0.25) is 9.35 Å². The Hall–Kier alpha value is -2.67. The highest BCUT2D eigenvalue weighted by atomic mass is 32.2. The Morgan fingerprint density at radius 3 is 2.81 bits per heavy atom. The van der Waals surface area contributed by atoms with Gasteiger partial charge in [0.2, 0.25) is 11.3 Å². The van der Waals surface area contributed by atoms with Crippen LogP contribution in [-0.2, 0) is 11.3 Å². The van der Waals surface area contributed by atoms with Crippen molar-refractivity contribution < 1.29 is 22.7 Å². The molecule has 1 aromatic carbocycles. The molecule has 1 fully saturated rings. The summed E-state index contributed by atoms with van der Waals surface area (Å²) in [4.78, 5) is 21.2. The number of piperidine rings is 1. The second-order valence-corrected chi connectivity index (χ2v) is 9.04. The number of carbonyl (C=O) groups excluding carboxylic acids is 1. The average Bonchev–Trinajstić information content (AvgIpc) is 3.08. The van der Waals surface area contributed by atoms with Crippen molar-refractivity contribution in [3.05, 3.63) is 40.8 Å². The van der Waals surface area contributed by atoms with Crippen molar-refractivity contribution in [2.24, 2.45) is 5.73 Å². The maximum Gasteiger partial charge on any atom is 0.259 e. The SMILES string of the molecule is Cc1c(C(N)=O)sc2ncnc(Nc3ccc(F)cc3OC3CCN(S(=O)O)CC3)c12. The van der Waals surface area contributed by atoms with Gasteiger partial charge in [0, 0.05) is 19.2 Å². The van der Waals surface area contributed by atoms with E-state index in [4.69, 9.17) is 10.5 Å². The summed E-state index contributed by atoms with van der Waals surface area (Å²) in [7, 11) is 0. The van der Waals surface area contributed by atoms with Gasteiger partial charge in [0.05, 0.1) is 16.0 Å². The maximum absolute atomic E-state index is 14.0. The lowest BCUT2D eigenvalue weighted by Gasteiger charge is -2.29. The third-order valence-electron chi connectivity index (χ3n) is 5.06. The average molecular weight is 466 g/mol. The van der Waals surface area contributed by atoms with E-state index in [1.54, 1.807) is 13.0 Å². The summed E-state index contributed by atoms with van der Waals surface area (Å²) in [6.45, 7) is 2.58. The standard InChI is InChI=1S/C19H20FN5O4S2/c1-10-15-18(22-9-23-19(15)30-16(10)17(21)26)24-13-3-2-11(20)8-14(13)29-12-4-6-25(7-5-12)31(27)28/h2-3,8-9,12H,4-7H2,1H3,(H2,21,26)(H,27,28)(H,22,23,24). The molecule has 1 aliphatic rings. The van der Waals surface area contributed by atoms with Gasteiger partial charge in [-0.25, -0.2) is 22.9 Å². The van der Waals surface area contributed by atoms with Gasteiger partial charge in [0.15, 0.2) is 0 Å². The summed E-state index contributed by atoms with van der Waals surface area (Å²) >= 11 is -0.818. The zero-order valence-corrected chi connectivity index (χ0v) is 18.1. The van der Waals surface area contributed by atoms with Crippen molar-refractivity contribution in [2.75, 3.05) is 18.4 Å². The number of aryl methyl sites for hydroxylation is 1. The van der Waals surface area contributed by atoms with Gasteiger partial charge in [-0.1, -0.05) is 0 Å². The summed E-state index contributed by atoms with van der Waals surface area (Å²) < 4.78 is 41.8. The van der Waals surface area contributed by atoms with Crippen LogP contribution in [0.1, 0.15) is 28.1 Å². The summed E-state index contributed by atoms with van der Waals surface area (Å²) in [6, 6.07) is 4.14. The van der Waals surface area contributed by atoms with Crippen molar-refractivity contribution >= 4 is 50.2 Å². The lowest BCUT2D eigenvalue weighted by atomic mass is 10.1. The van der Waals surface area contributed by atoms with E-state index >= 15 is 0 Å². The highest BCUT2D eigenvalue weighted by Gasteiger charge is 2.25. The molecule has 164 valence electrons. The van der Waals surface area contributed by atoms with Crippen molar-refractivity contribution in [1.82, 2.24) is 14.3 Å². The Morgan fingerprint density at radius 1 is 1.39 bits per heavy atom. The van der Waals surface area contributed by atoms with Crippen LogP contribution in [0, 0.1) is 12.7 Å². The van der Waals surface area contributed by atoms with E-state index in [-0.39, 0.29) is 6.10 Å². The van der Waals surface area contributed by atoms with Gasteiger partial charge in [-0.05, 0) is 37.5 Å². The zero-order valence-electron chi connectivity index (χ0n) is 16.5. The number of nitrogens with one attached hydrogen (secondary N) is 1. The lowest BCUT2D eigenvalue weighted by Crippen LogP contribution is -2.39. The van der Waals surface area contributed by atoms with Gasteiger partial charge in [-0.15, -0.1) is 11.3 Å². The number of benzene rings is 1. The first-order valence-corrected chi connectivity index (χ1v) is 11.3. The molecule has 3 aromatic rings. The van der Waals surface area contributed by atoms with Gasteiger partial charge >= 0.3 is 0 Å². The van der Waals surface area contributed by atoms with Crippen molar-refractivity contribution in [1.29, 1.82) is 0 Å². The van der Waals surface area contributed by atoms with Gasteiger partial charge in [-0.2, -0.15) is 0 Å². The number of amides is 1. The van der Waals surface area contributed by atoms with Gasteiger partial charge in [0.25, 0.3) is 5.91 Å². The fourth-order valence-electron chi connectivity index (χ4n) is 3.51. The molecule has 1 saturated heterocycles. The molecular formula is C19H20FN5O4S2. The van der Waals surface area contributed by atoms with Crippen LogP contribution in [0.3, 0.4) is 0 Å². The predicted octanol–water partition coefficient (Wildman–Crippen LogP) is 2.96. The number of ether oxygens (including phenoxy) is 1. The first kappa shape index (κ1) is 21.6. The molecule has 31 heavy (non-hydrogen) atoms. The Balaban J connectivity index is 1.62. The zero-order chi connectivity index (χ0) is 22.1. The van der Waals surface area contributed by atoms with E-state index in [2.05, 4.69) is 15.3 Å². The molecule has 12 heteroatoms. The Labute approximate surface area is 183 Å². The number of primary amides is 1. The molecule has 3 heterocycles. The summed E-state index contributed by atoms with van der Waals surface area (Å²) in [5.41, 5.74) is 6.63. The van der Waals surface area contributed by atoms with Crippen molar-refractivity contribution in [3.8, 4) is 5.75 Å². The number of aromatic nitrogens is 2. The van der Waals surface area contributed by atoms with Crippen LogP contribution in [0.4, 0.5) is 15.9 Å². The first-order valence-electron chi connectivity index (χ1n) is 9.46. The molecule has 0 aliphatic carbocycles. The van der Waals surface area contributed by atoms with E-state index in [0.717, 1.165) is 0 Å². The van der Waals surface area contributed by atoms with Crippen LogP contribution < -0.4 is 15.8 Å². The molecule has 0 saturated carbocycles.